The minimum absolute atomic E-state index is 0.237. The SMILES string of the molecule is OCCSCCSO. The fourth-order valence-corrected chi connectivity index (χ4v) is 1.37. The van der Waals surface area contributed by atoms with E-state index in [1.54, 1.807) is 11.8 Å². The zero-order chi connectivity index (χ0) is 6.24. The average molecular weight is 154 g/mol. The summed E-state index contributed by atoms with van der Waals surface area (Å²) in [6.07, 6.45) is 0. The highest BCUT2D eigenvalue weighted by Crippen LogP contribution is 2.01. The fraction of sp³-hybridized carbons (Fsp3) is 1.00. The standard InChI is InChI=1S/C4H10O2S2/c5-1-2-7-3-4-8-6/h5-6H,1-4H2. The lowest BCUT2D eigenvalue weighted by molar-refractivity contribution is 0.322. The molecule has 0 aliphatic carbocycles. The van der Waals surface area contributed by atoms with Crippen molar-refractivity contribution in [2.75, 3.05) is 23.9 Å². The second-order valence-electron chi connectivity index (χ2n) is 1.17. The maximum absolute atomic E-state index is 8.28. The summed E-state index contributed by atoms with van der Waals surface area (Å²) < 4.78 is 8.21. The molecule has 8 heavy (non-hydrogen) atoms. The lowest BCUT2D eigenvalue weighted by atomic mass is 10.9. The van der Waals surface area contributed by atoms with Crippen LogP contribution in [0.5, 0.6) is 0 Å². The van der Waals surface area contributed by atoms with E-state index in [9.17, 15) is 0 Å². The average Bonchev–Trinajstić information content (AvgIpc) is 1.81. The van der Waals surface area contributed by atoms with Gasteiger partial charge < -0.3 is 9.66 Å². The van der Waals surface area contributed by atoms with Crippen molar-refractivity contribution >= 4 is 23.8 Å². The number of aliphatic hydroxyl groups excluding tert-OH is 1. The van der Waals surface area contributed by atoms with Gasteiger partial charge in [0.25, 0.3) is 0 Å². The van der Waals surface area contributed by atoms with Gasteiger partial charge in [-0.15, -0.1) is 0 Å². The predicted molar refractivity (Wildman–Crippen MR) is 39.5 cm³/mol. The minimum Gasteiger partial charge on any atom is -0.396 e. The normalized spacial score (nSPS) is 9.75. The molecule has 0 aromatic rings. The zero-order valence-corrected chi connectivity index (χ0v) is 6.17. The fourth-order valence-electron chi connectivity index (χ4n) is 0.263. The highest BCUT2D eigenvalue weighted by molar-refractivity contribution is 8.01. The number of thioether (sulfide) groups is 1. The molecule has 0 fully saturated rings. The van der Waals surface area contributed by atoms with Crippen LogP contribution in [0, 0.1) is 0 Å². The van der Waals surface area contributed by atoms with Crippen LogP contribution in [0.1, 0.15) is 0 Å². The summed E-state index contributed by atoms with van der Waals surface area (Å²) in [4.78, 5) is 0. The summed E-state index contributed by atoms with van der Waals surface area (Å²) in [7, 11) is 0. The first-order chi connectivity index (χ1) is 3.91. The number of rotatable bonds is 5. The molecule has 4 heteroatoms. The van der Waals surface area contributed by atoms with E-state index in [0.29, 0.717) is 0 Å². The van der Waals surface area contributed by atoms with Crippen LogP contribution in [0.4, 0.5) is 0 Å². The van der Waals surface area contributed by atoms with Crippen molar-refractivity contribution < 1.29 is 9.66 Å². The van der Waals surface area contributed by atoms with E-state index in [4.69, 9.17) is 9.66 Å². The summed E-state index contributed by atoms with van der Waals surface area (Å²) in [5, 5.41) is 8.28. The first-order valence-electron chi connectivity index (χ1n) is 2.36. The van der Waals surface area contributed by atoms with Crippen molar-refractivity contribution in [1.29, 1.82) is 0 Å². The first kappa shape index (κ1) is 8.62. The molecule has 0 aromatic carbocycles. The molecule has 0 spiro atoms. The van der Waals surface area contributed by atoms with E-state index in [1.165, 1.54) is 0 Å². The van der Waals surface area contributed by atoms with E-state index in [0.717, 1.165) is 29.3 Å². The van der Waals surface area contributed by atoms with Crippen molar-refractivity contribution in [1.82, 2.24) is 0 Å². The molecular weight excluding hydrogens is 144 g/mol. The van der Waals surface area contributed by atoms with Gasteiger partial charge in [0, 0.05) is 17.3 Å². The smallest absolute Gasteiger partial charge is 0.0521 e. The number of hydrogen-bond acceptors (Lipinski definition) is 4. The highest BCUT2D eigenvalue weighted by Gasteiger charge is 1.85. The molecule has 0 aromatic heterocycles. The van der Waals surface area contributed by atoms with Crippen molar-refractivity contribution in [2.45, 2.75) is 0 Å². The van der Waals surface area contributed by atoms with Gasteiger partial charge in [-0.25, -0.2) is 0 Å². The molecule has 0 rings (SSSR count). The van der Waals surface area contributed by atoms with Crippen molar-refractivity contribution in [3.05, 3.63) is 0 Å². The zero-order valence-electron chi connectivity index (χ0n) is 4.54. The van der Waals surface area contributed by atoms with Gasteiger partial charge in [0.2, 0.25) is 0 Å². The van der Waals surface area contributed by atoms with Gasteiger partial charge in [0.05, 0.1) is 6.61 Å². The second-order valence-corrected chi connectivity index (χ2v) is 3.06. The third kappa shape index (κ3) is 6.62. The minimum atomic E-state index is 0.237. The van der Waals surface area contributed by atoms with Crippen molar-refractivity contribution in [3.8, 4) is 0 Å². The summed E-state index contributed by atoms with van der Waals surface area (Å²) >= 11 is 2.50. The molecule has 0 unspecified atom stereocenters. The second kappa shape index (κ2) is 7.62. The van der Waals surface area contributed by atoms with E-state index in [1.807, 2.05) is 0 Å². The Labute approximate surface area is 57.9 Å². The summed E-state index contributed by atoms with van der Waals surface area (Å²) in [6.45, 7) is 0.237. The van der Waals surface area contributed by atoms with Crippen LogP contribution >= 0.6 is 23.8 Å². The van der Waals surface area contributed by atoms with E-state index in [-0.39, 0.29) is 6.61 Å². The Balaban J connectivity index is 2.53. The topological polar surface area (TPSA) is 40.5 Å². The van der Waals surface area contributed by atoms with Crippen molar-refractivity contribution in [3.63, 3.8) is 0 Å². The molecule has 0 saturated heterocycles. The Bertz CT molecular complexity index is 37.0. The first-order valence-corrected chi connectivity index (χ1v) is 4.46. The van der Waals surface area contributed by atoms with Gasteiger partial charge in [-0.1, -0.05) is 0 Å². The summed E-state index contributed by atoms with van der Waals surface area (Å²) in [6, 6.07) is 0. The van der Waals surface area contributed by atoms with Gasteiger partial charge in [-0.05, 0) is 12.0 Å². The molecule has 0 amide bonds. The monoisotopic (exact) mass is 154 g/mol. The van der Waals surface area contributed by atoms with Crippen molar-refractivity contribution in [2.24, 2.45) is 0 Å². The molecule has 0 heterocycles. The molecule has 0 aliphatic heterocycles. The molecule has 50 valence electrons. The van der Waals surface area contributed by atoms with Gasteiger partial charge in [0.1, 0.15) is 0 Å². The lowest BCUT2D eigenvalue weighted by Gasteiger charge is -1.92. The molecular formula is C4H10O2S2. The van der Waals surface area contributed by atoms with Gasteiger partial charge in [-0.3, -0.25) is 0 Å². The summed E-state index contributed by atoms with van der Waals surface area (Å²) in [5.74, 6) is 2.45. The van der Waals surface area contributed by atoms with Crippen LogP contribution in [0.25, 0.3) is 0 Å². The third-order valence-corrected chi connectivity index (χ3v) is 2.16. The largest absolute Gasteiger partial charge is 0.396 e. The van der Waals surface area contributed by atoms with Crippen LogP contribution in [-0.2, 0) is 0 Å². The van der Waals surface area contributed by atoms with Gasteiger partial charge in [0.15, 0.2) is 0 Å². The predicted octanol–water partition coefficient (Wildman–Crippen LogP) is 0.918. The molecule has 2 nitrogen and oxygen atoms in total. The Morgan fingerprint density at radius 3 is 2.38 bits per heavy atom. The molecule has 0 saturated carbocycles. The molecule has 0 radical (unpaired) electrons. The van der Waals surface area contributed by atoms with Crippen LogP contribution in [0.15, 0.2) is 0 Å². The summed E-state index contributed by atoms with van der Waals surface area (Å²) in [5.41, 5.74) is 0. The quantitative estimate of drug-likeness (QED) is 0.456. The Kier molecular flexibility index (Phi) is 8.21. The van der Waals surface area contributed by atoms with Crippen LogP contribution in [-0.4, -0.2) is 33.5 Å². The Hall–Kier alpha value is 0.620. The number of aliphatic hydroxyl groups is 1. The van der Waals surface area contributed by atoms with Crippen LogP contribution in [0.3, 0.4) is 0 Å². The third-order valence-electron chi connectivity index (χ3n) is 0.555. The molecule has 0 bridgehead atoms. The molecule has 0 aliphatic rings. The number of hydrogen-bond donors (Lipinski definition) is 2. The maximum Gasteiger partial charge on any atom is 0.0521 e. The Morgan fingerprint density at radius 1 is 1.12 bits per heavy atom. The van der Waals surface area contributed by atoms with Gasteiger partial charge in [-0.2, -0.15) is 11.8 Å². The highest BCUT2D eigenvalue weighted by atomic mass is 32.2. The van der Waals surface area contributed by atoms with Crippen LogP contribution < -0.4 is 0 Å². The van der Waals surface area contributed by atoms with E-state index in [2.05, 4.69) is 0 Å². The molecule has 0 atom stereocenters. The van der Waals surface area contributed by atoms with Gasteiger partial charge >= 0.3 is 0 Å². The maximum atomic E-state index is 8.28. The lowest BCUT2D eigenvalue weighted by Crippen LogP contribution is -1.89. The van der Waals surface area contributed by atoms with Crippen LogP contribution in [0.2, 0.25) is 0 Å². The Morgan fingerprint density at radius 2 is 1.88 bits per heavy atom. The van der Waals surface area contributed by atoms with E-state index >= 15 is 0 Å². The van der Waals surface area contributed by atoms with E-state index < -0.39 is 0 Å². The molecule has 2 N–H and O–H groups in total.